The number of benzene rings is 2. The topological polar surface area (TPSA) is 83.1 Å². The number of amides is 2. The van der Waals surface area contributed by atoms with E-state index in [0.29, 0.717) is 5.75 Å². The molecule has 2 aromatic carbocycles. The van der Waals surface area contributed by atoms with E-state index >= 15 is 0 Å². The van der Waals surface area contributed by atoms with Gasteiger partial charge in [-0.1, -0.05) is 24.3 Å². The molecule has 2 heterocycles. The van der Waals surface area contributed by atoms with Crippen molar-refractivity contribution in [3.63, 3.8) is 0 Å². The molecule has 2 N–H and O–H groups in total. The van der Waals surface area contributed by atoms with Gasteiger partial charge in [-0.15, -0.1) is 11.3 Å². The second-order valence-electron chi connectivity index (χ2n) is 8.94. The van der Waals surface area contributed by atoms with Crippen molar-refractivity contribution in [2.45, 2.75) is 25.6 Å². The van der Waals surface area contributed by atoms with Crippen LogP contribution in [0.5, 0.6) is 11.5 Å². The molecule has 1 aliphatic rings. The maximum atomic E-state index is 12.8. The highest BCUT2D eigenvalue weighted by atomic mass is 32.1. The van der Waals surface area contributed by atoms with Crippen molar-refractivity contribution in [2.24, 2.45) is 0 Å². The molecule has 0 aliphatic carbocycles. The van der Waals surface area contributed by atoms with E-state index in [1.807, 2.05) is 54.8 Å². The Morgan fingerprint density at radius 2 is 1.65 bits per heavy atom. The average Bonchev–Trinajstić information content (AvgIpc) is 3.46. The van der Waals surface area contributed by atoms with Gasteiger partial charge >= 0.3 is 11.8 Å². The molecule has 37 heavy (non-hydrogen) atoms. The Kier molecular flexibility index (Phi) is 9.03. The SMILES string of the molecule is COc1ccc(N2CCN([C@H](c3cccs3)[C@@H](C)NC(=O)C(=O)NCc3ccccc3OC)CC2)cc1. The van der Waals surface area contributed by atoms with Crippen LogP contribution in [0, 0.1) is 0 Å². The fourth-order valence-corrected chi connectivity index (χ4v) is 5.67. The molecule has 1 aliphatic heterocycles. The number of methoxy groups -OCH3 is 2. The molecule has 196 valence electrons. The number of carbonyl (C=O) groups excluding carboxylic acids is 2. The van der Waals surface area contributed by atoms with Crippen molar-refractivity contribution in [3.8, 4) is 11.5 Å². The lowest BCUT2D eigenvalue weighted by Gasteiger charge is -2.42. The average molecular weight is 523 g/mol. The Hall–Kier alpha value is -3.56. The molecule has 1 fully saturated rings. The molecule has 4 rings (SSSR count). The summed E-state index contributed by atoms with van der Waals surface area (Å²) in [5.41, 5.74) is 1.98. The Labute approximate surface area is 222 Å². The summed E-state index contributed by atoms with van der Waals surface area (Å²) >= 11 is 1.67. The Balaban J connectivity index is 1.36. The molecule has 0 saturated carbocycles. The molecule has 8 nitrogen and oxygen atoms in total. The number of rotatable bonds is 9. The van der Waals surface area contributed by atoms with Gasteiger partial charge < -0.3 is 25.0 Å². The number of para-hydroxylation sites is 1. The van der Waals surface area contributed by atoms with Crippen LogP contribution < -0.4 is 25.0 Å². The lowest BCUT2D eigenvalue weighted by atomic mass is 10.0. The van der Waals surface area contributed by atoms with Crippen LogP contribution in [0.3, 0.4) is 0 Å². The third-order valence-electron chi connectivity index (χ3n) is 6.65. The predicted octanol–water partition coefficient (Wildman–Crippen LogP) is 3.45. The summed E-state index contributed by atoms with van der Waals surface area (Å²) in [7, 11) is 3.25. The van der Waals surface area contributed by atoms with Gasteiger partial charge in [0.2, 0.25) is 0 Å². The fraction of sp³-hybridized carbons (Fsp3) is 0.357. The highest BCUT2D eigenvalue weighted by Gasteiger charge is 2.32. The van der Waals surface area contributed by atoms with Crippen LogP contribution in [-0.2, 0) is 16.1 Å². The van der Waals surface area contributed by atoms with Gasteiger partial charge in [0.1, 0.15) is 11.5 Å². The minimum absolute atomic E-state index is 0.0241. The molecular weight excluding hydrogens is 488 g/mol. The lowest BCUT2D eigenvalue weighted by molar-refractivity contribution is -0.140. The second-order valence-corrected chi connectivity index (χ2v) is 9.92. The lowest BCUT2D eigenvalue weighted by Crippen LogP contribution is -2.53. The van der Waals surface area contributed by atoms with E-state index < -0.39 is 11.8 Å². The monoisotopic (exact) mass is 522 g/mol. The summed E-state index contributed by atoms with van der Waals surface area (Å²) in [5.74, 6) is 0.215. The molecule has 0 radical (unpaired) electrons. The van der Waals surface area contributed by atoms with Gasteiger partial charge in [-0.05, 0) is 48.7 Å². The fourth-order valence-electron chi connectivity index (χ4n) is 4.71. The highest BCUT2D eigenvalue weighted by molar-refractivity contribution is 7.10. The van der Waals surface area contributed by atoms with E-state index in [0.717, 1.165) is 37.5 Å². The van der Waals surface area contributed by atoms with E-state index in [1.165, 1.54) is 10.6 Å². The summed E-state index contributed by atoms with van der Waals surface area (Å²) in [5, 5.41) is 7.69. The largest absolute Gasteiger partial charge is 0.497 e. The first kappa shape index (κ1) is 26.5. The minimum atomic E-state index is -0.660. The maximum absolute atomic E-state index is 12.8. The van der Waals surface area contributed by atoms with Gasteiger partial charge in [-0.3, -0.25) is 14.5 Å². The zero-order valence-electron chi connectivity index (χ0n) is 21.5. The third kappa shape index (κ3) is 6.61. The molecule has 3 aromatic rings. The number of nitrogens with zero attached hydrogens (tertiary/aromatic N) is 2. The number of hydrogen-bond acceptors (Lipinski definition) is 7. The zero-order valence-corrected chi connectivity index (χ0v) is 22.3. The highest BCUT2D eigenvalue weighted by Crippen LogP contribution is 2.30. The van der Waals surface area contributed by atoms with Crippen molar-refractivity contribution in [3.05, 3.63) is 76.5 Å². The first-order valence-corrected chi connectivity index (χ1v) is 13.2. The molecule has 2 atom stereocenters. The number of anilines is 1. The van der Waals surface area contributed by atoms with Crippen molar-refractivity contribution < 1.29 is 19.1 Å². The van der Waals surface area contributed by atoms with Crippen LogP contribution in [0.15, 0.2) is 66.0 Å². The van der Waals surface area contributed by atoms with Crippen LogP contribution >= 0.6 is 11.3 Å². The number of nitrogens with one attached hydrogen (secondary N) is 2. The number of ether oxygens (including phenoxy) is 2. The smallest absolute Gasteiger partial charge is 0.309 e. The van der Waals surface area contributed by atoms with Crippen molar-refractivity contribution in [1.29, 1.82) is 0 Å². The molecule has 0 spiro atoms. The summed E-state index contributed by atoms with van der Waals surface area (Å²) < 4.78 is 10.6. The van der Waals surface area contributed by atoms with Crippen LogP contribution in [0.1, 0.15) is 23.4 Å². The van der Waals surface area contributed by atoms with Crippen molar-refractivity contribution >= 4 is 28.8 Å². The molecule has 0 unspecified atom stereocenters. The van der Waals surface area contributed by atoms with Crippen molar-refractivity contribution in [1.82, 2.24) is 15.5 Å². The van der Waals surface area contributed by atoms with Gasteiger partial charge in [0.25, 0.3) is 0 Å². The number of piperazine rings is 1. The molecular formula is C28H34N4O4S. The predicted molar refractivity (Wildman–Crippen MR) is 146 cm³/mol. The second kappa shape index (κ2) is 12.6. The molecule has 2 amide bonds. The summed E-state index contributed by atoms with van der Waals surface area (Å²) in [6.07, 6.45) is 0. The Morgan fingerprint density at radius 1 is 0.919 bits per heavy atom. The van der Waals surface area contributed by atoms with E-state index in [2.05, 4.69) is 38.6 Å². The summed E-state index contributed by atoms with van der Waals surface area (Å²) in [6.45, 7) is 5.60. The standard InChI is InChI=1S/C28H34N4O4S/c1-20(30-28(34)27(33)29-19-21-7-4-5-8-24(21)36-3)26(25-9-6-18-37-25)32-16-14-31(15-17-32)22-10-12-23(35-2)13-11-22/h4-13,18,20,26H,14-17,19H2,1-3H3,(H,29,33)(H,30,34)/t20-,26+/m1/s1. The minimum Gasteiger partial charge on any atom is -0.497 e. The van der Waals surface area contributed by atoms with E-state index in [9.17, 15) is 9.59 Å². The van der Waals surface area contributed by atoms with Gasteiger partial charge in [-0.25, -0.2) is 0 Å². The molecule has 9 heteroatoms. The summed E-state index contributed by atoms with van der Waals surface area (Å²) in [6, 6.07) is 19.4. The van der Waals surface area contributed by atoms with Crippen molar-refractivity contribution in [2.75, 3.05) is 45.3 Å². The summed E-state index contributed by atoms with van der Waals surface area (Å²) in [4.78, 5) is 31.3. The molecule has 0 bridgehead atoms. The maximum Gasteiger partial charge on any atom is 0.309 e. The van der Waals surface area contributed by atoms with Crippen LogP contribution in [-0.4, -0.2) is 63.2 Å². The first-order valence-electron chi connectivity index (χ1n) is 12.4. The van der Waals surface area contributed by atoms with E-state index in [-0.39, 0.29) is 18.6 Å². The Morgan fingerprint density at radius 3 is 2.30 bits per heavy atom. The van der Waals surface area contributed by atoms with Gasteiger partial charge in [0, 0.05) is 54.9 Å². The normalized spacial score (nSPS) is 15.5. The quantitative estimate of drug-likeness (QED) is 0.419. The number of thiophene rings is 1. The number of carbonyl (C=O) groups is 2. The van der Waals surface area contributed by atoms with Gasteiger partial charge in [0.05, 0.1) is 20.3 Å². The third-order valence-corrected chi connectivity index (χ3v) is 7.59. The first-order chi connectivity index (χ1) is 18.0. The van der Waals surface area contributed by atoms with Crippen LogP contribution in [0.2, 0.25) is 0 Å². The van der Waals surface area contributed by atoms with Crippen LogP contribution in [0.25, 0.3) is 0 Å². The van der Waals surface area contributed by atoms with Gasteiger partial charge in [0.15, 0.2) is 0 Å². The van der Waals surface area contributed by atoms with Gasteiger partial charge in [-0.2, -0.15) is 0 Å². The Bertz CT molecular complexity index is 1160. The van der Waals surface area contributed by atoms with E-state index in [4.69, 9.17) is 9.47 Å². The number of hydrogen-bond donors (Lipinski definition) is 2. The molecule has 1 aromatic heterocycles. The van der Waals surface area contributed by atoms with E-state index in [1.54, 1.807) is 25.6 Å². The molecule has 1 saturated heterocycles. The van der Waals surface area contributed by atoms with Crippen LogP contribution in [0.4, 0.5) is 5.69 Å². The zero-order chi connectivity index (χ0) is 26.2.